The summed E-state index contributed by atoms with van der Waals surface area (Å²) in [5.41, 5.74) is 0.955. The predicted octanol–water partition coefficient (Wildman–Crippen LogP) is 3.28. The van der Waals surface area contributed by atoms with Gasteiger partial charge in [0.2, 0.25) is 0 Å². The Balaban J connectivity index is 2.71. The van der Waals surface area contributed by atoms with Gasteiger partial charge in [0.15, 0.2) is 0 Å². The average molecular weight is 265 g/mol. The van der Waals surface area contributed by atoms with Crippen LogP contribution < -0.4 is 5.63 Å². The van der Waals surface area contributed by atoms with Gasteiger partial charge in [0.25, 0.3) is 0 Å². The lowest BCUT2D eigenvalue weighted by molar-refractivity contribution is 0.553. The van der Waals surface area contributed by atoms with E-state index >= 15 is 0 Å². The van der Waals surface area contributed by atoms with Crippen molar-refractivity contribution in [2.45, 2.75) is 6.42 Å². The zero-order valence-electron chi connectivity index (χ0n) is 8.00. The zero-order chi connectivity index (χ0) is 10.8. The first kappa shape index (κ1) is 10.2. The van der Waals surface area contributed by atoms with Crippen LogP contribution in [0.5, 0.6) is 0 Å². The highest BCUT2D eigenvalue weighted by Crippen LogP contribution is 2.19. The molecule has 1 aromatic heterocycles. The summed E-state index contributed by atoms with van der Waals surface area (Å²) in [5.74, 6) is 0. The van der Waals surface area contributed by atoms with Crippen molar-refractivity contribution in [3.8, 4) is 0 Å². The van der Waals surface area contributed by atoms with E-state index in [4.69, 9.17) is 4.42 Å². The molecule has 0 unspecified atom stereocenters. The van der Waals surface area contributed by atoms with E-state index in [-0.39, 0.29) is 5.63 Å². The molecule has 0 bridgehead atoms. The lowest BCUT2D eigenvalue weighted by atomic mass is 10.1. The fourth-order valence-electron chi connectivity index (χ4n) is 1.43. The van der Waals surface area contributed by atoms with Crippen molar-refractivity contribution in [3.05, 3.63) is 57.4 Å². The van der Waals surface area contributed by atoms with Crippen molar-refractivity contribution in [1.82, 2.24) is 0 Å². The largest absolute Gasteiger partial charge is 0.423 e. The molecule has 0 amide bonds. The highest BCUT2D eigenvalue weighted by molar-refractivity contribution is 9.10. The monoisotopic (exact) mass is 264 g/mol. The summed E-state index contributed by atoms with van der Waals surface area (Å²) in [4.78, 5) is 11.5. The normalized spacial score (nSPS) is 10.5. The van der Waals surface area contributed by atoms with Gasteiger partial charge in [-0.2, -0.15) is 0 Å². The van der Waals surface area contributed by atoms with Gasteiger partial charge >= 0.3 is 5.63 Å². The highest BCUT2D eigenvalue weighted by Gasteiger charge is 2.03. The van der Waals surface area contributed by atoms with Crippen molar-refractivity contribution in [2.75, 3.05) is 0 Å². The molecular weight excluding hydrogens is 256 g/mol. The summed E-state index contributed by atoms with van der Waals surface area (Å²) >= 11 is 3.37. The van der Waals surface area contributed by atoms with E-state index in [1.807, 2.05) is 18.2 Å². The topological polar surface area (TPSA) is 30.2 Å². The maximum Gasteiger partial charge on any atom is 0.339 e. The molecule has 76 valence electrons. The minimum absolute atomic E-state index is 0.287. The predicted molar refractivity (Wildman–Crippen MR) is 64.1 cm³/mol. The molecule has 2 nitrogen and oxygen atoms in total. The van der Waals surface area contributed by atoms with Crippen molar-refractivity contribution < 1.29 is 4.42 Å². The molecule has 1 aromatic carbocycles. The van der Waals surface area contributed by atoms with Crippen LogP contribution in [0.4, 0.5) is 0 Å². The third kappa shape index (κ3) is 2.02. The Morgan fingerprint density at radius 3 is 2.93 bits per heavy atom. The fourth-order valence-corrected chi connectivity index (χ4v) is 1.81. The first-order valence-corrected chi connectivity index (χ1v) is 5.33. The Morgan fingerprint density at radius 2 is 2.20 bits per heavy atom. The molecule has 3 heteroatoms. The van der Waals surface area contributed by atoms with E-state index in [0.29, 0.717) is 17.6 Å². The Kier molecular flexibility index (Phi) is 2.73. The van der Waals surface area contributed by atoms with Crippen LogP contribution in [0.3, 0.4) is 0 Å². The van der Waals surface area contributed by atoms with Gasteiger partial charge < -0.3 is 4.42 Å². The third-order valence-corrected chi connectivity index (χ3v) is 2.62. The SMILES string of the molecule is C=CCc1cc2cc(Br)ccc2oc1=O. The number of allylic oxidation sites excluding steroid dienone is 1. The number of hydrogen-bond donors (Lipinski definition) is 0. The summed E-state index contributed by atoms with van der Waals surface area (Å²) in [6.07, 6.45) is 2.22. The van der Waals surface area contributed by atoms with E-state index in [1.165, 1.54) is 0 Å². The lowest BCUT2D eigenvalue weighted by Gasteiger charge is -1.99. The van der Waals surface area contributed by atoms with Crippen LogP contribution in [-0.2, 0) is 6.42 Å². The number of halogens is 1. The standard InChI is InChI=1S/C12H9BrO2/c1-2-3-8-6-9-7-10(13)4-5-11(9)15-12(8)14/h2,4-7H,1,3H2. The molecule has 0 fully saturated rings. The van der Waals surface area contributed by atoms with Gasteiger partial charge in [-0.3, -0.25) is 0 Å². The van der Waals surface area contributed by atoms with Gasteiger partial charge in [-0.25, -0.2) is 4.79 Å². The van der Waals surface area contributed by atoms with E-state index < -0.39 is 0 Å². The lowest BCUT2D eigenvalue weighted by Crippen LogP contribution is -2.05. The van der Waals surface area contributed by atoms with Crippen LogP contribution in [0.25, 0.3) is 11.0 Å². The van der Waals surface area contributed by atoms with Gasteiger partial charge in [0, 0.05) is 15.4 Å². The Morgan fingerprint density at radius 1 is 1.40 bits per heavy atom. The molecule has 0 saturated heterocycles. The minimum Gasteiger partial charge on any atom is -0.423 e. The van der Waals surface area contributed by atoms with E-state index in [0.717, 1.165) is 9.86 Å². The Hall–Kier alpha value is -1.35. The van der Waals surface area contributed by atoms with Crippen LogP contribution in [0.15, 0.2) is 50.6 Å². The van der Waals surface area contributed by atoms with Crippen molar-refractivity contribution in [3.63, 3.8) is 0 Å². The molecule has 0 atom stereocenters. The summed E-state index contributed by atoms with van der Waals surface area (Å²) < 4.78 is 6.14. The molecule has 0 saturated carbocycles. The summed E-state index contributed by atoms with van der Waals surface area (Å²) in [7, 11) is 0. The van der Waals surface area contributed by atoms with Gasteiger partial charge in [0.05, 0.1) is 0 Å². The number of benzene rings is 1. The van der Waals surface area contributed by atoms with E-state index in [2.05, 4.69) is 22.5 Å². The van der Waals surface area contributed by atoms with Gasteiger partial charge in [0.1, 0.15) is 5.58 Å². The minimum atomic E-state index is -0.287. The second-order valence-corrected chi connectivity index (χ2v) is 4.15. The first-order chi connectivity index (χ1) is 7.20. The van der Waals surface area contributed by atoms with Crippen molar-refractivity contribution in [2.24, 2.45) is 0 Å². The quantitative estimate of drug-likeness (QED) is 0.616. The van der Waals surface area contributed by atoms with Crippen LogP contribution in [0.2, 0.25) is 0 Å². The molecule has 15 heavy (non-hydrogen) atoms. The van der Waals surface area contributed by atoms with E-state index in [1.54, 1.807) is 12.1 Å². The molecule has 2 aromatic rings. The summed E-state index contributed by atoms with van der Waals surface area (Å²) in [5, 5.41) is 0.917. The van der Waals surface area contributed by atoms with E-state index in [9.17, 15) is 4.79 Å². The maximum atomic E-state index is 11.5. The molecule has 0 aliphatic heterocycles. The first-order valence-electron chi connectivity index (χ1n) is 4.54. The fraction of sp³-hybridized carbons (Fsp3) is 0.0833. The zero-order valence-corrected chi connectivity index (χ0v) is 9.58. The summed E-state index contributed by atoms with van der Waals surface area (Å²) in [6, 6.07) is 7.38. The molecule has 1 heterocycles. The summed E-state index contributed by atoms with van der Waals surface area (Å²) in [6.45, 7) is 3.60. The molecule has 0 N–H and O–H groups in total. The molecule has 0 spiro atoms. The van der Waals surface area contributed by atoms with Gasteiger partial charge in [-0.15, -0.1) is 6.58 Å². The van der Waals surface area contributed by atoms with Crippen molar-refractivity contribution in [1.29, 1.82) is 0 Å². The van der Waals surface area contributed by atoms with Crippen LogP contribution in [0, 0.1) is 0 Å². The Labute approximate surface area is 95.4 Å². The average Bonchev–Trinajstić information content (AvgIpc) is 2.20. The highest BCUT2D eigenvalue weighted by atomic mass is 79.9. The van der Waals surface area contributed by atoms with Crippen LogP contribution in [-0.4, -0.2) is 0 Å². The van der Waals surface area contributed by atoms with Gasteiger partial charge in [-0.05, 0) is 30.7 Å². The molecular formula is C12H9BrO2. The number of fused-ring (bicyclic) bond motifs is 1. The Bertz CT molecular complexity index is 569. The number of hydrogen-bond acceptors (Lipinski definition) is 2. The second kappa shape index (κ2) is 4.03. The van der Waals surface area contributed by atoms with Crippen molar-refractivity contribution >= 4 is 26.9 Å². The smallest absolute Gasteiger partial charge is 0.339 e. The van der Waals surface area contributed by atoms with Crippen LogP contribution >= 0.6 is 15.9 Å². The second-order valence-electron chi connectivity index (χ2n) is 3.23. The maximum absolute atomic E-state index is 11.5. The number of rotatable bonds is 2. The molecule has 0 aliphatic carbocycles. The van der Waals surface area contributed by atoms with Gasteiger partial charge in [-0.1, -0.05) is 22.0 Å². The molecule has 0 radical (unpaired) electrons. The molecule has 0 aliphatic rings. The third-order valence-electron chi connectivity index (χ3n) is 2.13. The van der Waals surface area contributed by atoms with Crippen LogP contribution in [0.1, 0.15) is 5.56 Å². The molecule has 2 rings (SSSR count).